The molecule has 0 radical (unpaired) electrons. The zero-order valence-electron chi connectivity index (χ0n) is 11.8. The van der Waals surface area contributed by atoms with Gasteiger partial charge in [-0.3, -0.25) is 14.3 Å². The largest absolute Gasteiger partial charge is 0.505 e. The SMILES string of the molecule is O=c1cc(O)c2nc(-c3c(Cl)cncc3Cl)cnc2n1CC(F)F. The number of nitrogens with zero attached hydrogens (tertiary/aromatic N) is 4. The van der Waals surface area contributed by atoms with Gasteiger partial charge in [0.15, 0.2) is 11.4 Å². The van der Waals surface area contributed by atoms with Crippen LogP contribution in [0.2, 0.25) is 10.0 Å². The highest BCUT2D eigenvalue weighted by Gasteiger charge is 2.17. The van der Waals surface area contributed by atoms with E-state index in [-0.39, 0.29) is 26.9 Å². The molecule has 1 N–H and O–H groups in total. The van der Waals surface area contributed by atoms with E-state index in [1.54, 1.807) is 0 Å². The van der Waals surface area contributed by atoms with Crippen molar-refractivity contribution in [2.75, 3.05) is 0 Å². The molecule has 3 heterocycles. The third-order valence-electron chi connectivity index (χ3n) is 3.21. The van der Waals surface area contributed by atoms with Crippen molar-refractivity contribution < 1.29 is 13.9 Å². The molecule has 0 atom stereocenters. The van der Waals surface area contributed by atoms with Crippen molar-refractivity contribution in [3.8, 4) is 17.0 Å². The second-order valence-electron chi connectivity index (χ2n) is 4.78. The lowest BCUT2D eigenvalue weighted by atomic mass is 10.2. The molecule has 0 saturated carbocycles. The van der Waals surface area contributed by atoms with Crippen LogP contribution in [0.15, 0.2) is 29.5 Å². The number of aromatic hydroxyl groups is 1. The molecule has 24 heavy (non-hydrogen) atoms. The highest BCUT2D eigenvalue weighted by atomic mass is 35.5. The fraction of sp³-hybridized carbons (Fsp3) is 0.143. The number of aromatic nitrogens is 4. The van der Waals surface area contributed by atoms with Crippen molar-refractivity contribution in [3.05, 3.63) is 45.1 Å². The highest BCUT2D eigenvalue weighted by Crippen LogP contribution is 2.33. The fourth-order valence-corrected chi connectivity index (χ4v) is 2.77. The Balaban J connectivity index is 2.28. The van der Waals surface area contributed by atoms with E-state index < -0.39 is 24.3 Å². The zero-order valence-corrected chi connectivity index (χ0v) is 13.3. The van der Waals surface area contributed by atoms with E-state index >= 15 is 0 Å². The smallest absolute Gasteiger partial charge is 0.256 e. The van der Waals surface area contributed by atoms with Gasteiger partial charge in [0.05, 0.1) is 28.5 Å². The van der Waals surface area contributed by atoms with Gasteiger partial charge in [0.25, 0.3) is 12.0 Å². The Hall–Kier alpha value is -2.32. The Morgan fingerprint density at radius 2 is 1.88 bits per heavy atom. The van der Waals surface area contributed by atoms with Crippen LogP contribution in [0, 0.1) is 0 Å². The topological polar surface area (TPSA) is 80.9 Å². The quantitative estimate of drug-likeness (QED) is 0.763. The van der Waals surface area contributed by atoms with Gasteiger partial charge in [-0.1, -0.05) is 23.2 Å². The highest BCUT2D eigenvalue weighted by molar-refractivity contribution is 6.38. The average molecular weight is 373 g/mol. The Morgan fingerprint density at radius 1 is 1.21 bits per heavy atom. The number of hydrogen-bond donors (Lipinski definition) is 1. The van der Waals surface area contributed by atoms with E-state index in [9.17, 15) is 18.7 Å². The summed E-state index contributed by atoms with van der Waals surface area (Å²) in [6.45, 7) is -0.861. The van der Waals surface area contributed by atoms with Gasteiger partial charge in [-0.15, -0.1) is 0 Å². The van der Waals surface area contributed by atoms with E-state index in [0.717, 1.165) is 10.6 Å². The Morgan fingerprint density at radius 3 is 2.50 bits per heavy atom. The third-order valence-corrected chi connectivity index (χ3v) is 3.78. The lowest BCUT2D eigenvalue weighted by Crippen LogP contribution is -2.23. The van der Waals surface area contributed by atoms with Gasteiger partial charge >= 0.3 is 0 Å². The molecule has 0 bridgehead atoms. The van der Waals surface area contributed by atoms with Crippen LogP contribution in [0.3, 0.4) is 0 Å². The van der Waals surface area contributed by atoms with Crippen LogP contribution in [-0.4, -0.2) is 31.1 Å². The maximum Gasteiger partial charge on any atom is 0.256 e. The molecule has 0 saturated heterocycles. The Labute approximate surface area is 143 Å². The van der Waals surface area contributed by atoms with E-state index in [4.69, 9.17) is 23.2 Å². The van der Waals surface area contributed by atoms with Crippen LogP contribution in [0.25, 0.3) is 22.4 Å². The molecule has 0 aliphatic heterocycles. The summed E-state index contributed by atoms with van der Waals surface area (Å²) in [6.07, 6.45) is 1.18. The number of fused-ring (bicyclic) bond motifs is 1. The maximum absolute atomic E-state index is 12.7. The van der Waals surface area contributed by atoms with Gasteiger partial charge in [0.2, 0.25) is 0 Å². The van der Waals surface area contributed by atoms with Crippen LogP contribution in [0.4, 0.5) is 8.78 Å². The van der Waals surface area contributed by atoms with Gasteiger partial charge in [-0.2, -0.15) is 0 Å². The van der Waals surface area contributed by atoms with Crippen molar-refractivity contribution in [1.82, 2.24) is 19.5 Å². The summed E-state index contributed by atoms with van der Waals surface area (Å²) in [5.74, 6) is -0.476. The summed E-state index contributed by atoms with van der Waals surface area (Å²) in [4.78, 5) is 23.8. The second-order valence-corrected chi connectivity index (χ2v) is 5.59. The number of hydrogen-bond acceptors (Lipinski definition) is 5. The predicted octanol–water partition coefficient (Wildman–Crippen LogP) is 3.13. The van der Waals surface area contributed by atoms with Crippen molar-refractivity contribution >= 4 is 34.4 Å². The minimum absolute atomic E-state index is 0.114. The van der Waals surface area contributed by atoms with Crippen molar-refractivity contribution in [2.24, 2.45) is 0 Å². The normalized spacial score (nSPS) is 11.4. The van der Waals surface area contributed by atoms with Gasteiger partial charge in [0.1, 0.15) is 5.52 Å². The van der Waals surface area contributed by atoms with E-state index in [1.165, 1.54) is 18.6 Å². The predicted molar refractivity (Wildman–Crippen MR) is 84.7 cm³/mol. The first kappa shape index (κ1) is 16.5. The van der Waals surface area contributed by atoms with Crippen molar-refractivity contribution in [2.45, 2.75) is 13.0 Å². The molecule has 3 rings (SSSR count). The van der Waals surface area contributed by atoms with E-state index in [2.05, 4.69) is 15.0 Å². The minimum atomic E-state index is -2.76. The summed E-state index contributed by atoms with van der Waals surface area (Å²) in [5.41, 5.74) is -0.546. The first-order valence-electron chi connectivity index (χ1n) is 6.55. The molecule has 0 aromatic carbocycles. The van der Waals surface area contributed by atoms with Gasteiger partial charge in [-0.05, 0) is 0 Å². The number of halogens is 4. The monoisotopic (exact) mass is 372 g/mol. The molecule has 124 valence electrons. The molecule has 10 heteroatoms. The van der Waals surface area contributed by atoms with Gasteiger partial charge in [0, 0.05) is 24.0 Å². The number of alkyl halides is 2. The average Bonchev–Trinajstić information content (AvgIpc) is 2.51. The first-order chi connectivity index (χ1) is 11.4. The van der Waals surface area contributed by atoms with Crippen molar-refractivity contribution in [3.63, 3.8) is 0 Å². The number of rotatable bonds is 3. The third kappa shape index (κ3) is 2.90. The summed E-state index contributed by atoms with van der Waals surface area (Å²) >= 11 is 12.1. The second kappa shape index (κ2) is 6.29. The molecule has 0 unspecified atom stereocenters. The Kier molecular flexibility index (Phi) is 4.33. The molecule has 6 nitrogen and oxygen atoms in total. The molecule has 3 aromatic heterocycles. The van der Waals surface area contributed by atoms with Crippen LogP contribution >= 0.6 is 23.2 Å². The fourth-order valence-electron chi connectivity index (χ4n) is 2.21. The standard InChI is InChI=1S/C14H8Cl2F2N4O2/c15-6-2-19-3-7(16)12(6)8-4-20-14-13(21-8)9(23)1-11(24)22(14)5-10(17)18/h1-4,10,23H,5H2. The zero-order chi connectivity index (χ0) is 17.4. The lowest BCUT2D eigenvalue weighted by molar-refractivity contribution is 0.126. The molecule has 0 spiro atoms. The number of pyridine rings is 2. The summed E-state index contributed by atoms with van der Waals surface area (Å²) in [5, 5.41) is 10.3. The first-order valence-corrected chi connectivity index (χ1v) is 7.31. The van der Waals surface area contributed by atoms with Gasteiger partial charge < -0.3 is 5.11 Å². The van der Waals surface area contributed by atoms with Gasteiger partial charge in [-0.25, -0.2) is 18.7 Å². The van der Waals surface area contributed by atoms with Crippen LogP contribution in [-0.2, 0) is 6.54 Å². The van der Waals surface area contributed by atoms with E-state index in [0.29, 0.717) is 5.56 Å². The molecule has 0 aliphatic rings. The molecular formula is C14H8Cl2F2N4O2. The summed E-state index contributed by atoms with van der Waals surface area (Å²) in [6, 6.07) is 0.805. The summed E-state index contributed by atoms with van der Waals surface area (Å²) < 4.78 is 26.1. The molecular weight excluding hydrogens is 365 g/mol. The summed E-state index contributed by atoms with van der Waals surface area (Å²) in [7, 11) is 0. The lowest BCUT2D eigenvalue weighted by Gasteiger charge is -2.11. The minimum Gasteiger partial charge on any atom is -0.505 e. The molecule has 0 amide bonds. The Bertz CT molecular complexity index is 974. The van der Waals surface area contributed by atoms with Crippen LogP contribution in [0.1, 0.15) is 0 Å². The van der Waals surface area contributed by atoms with Crippen molar-refractivity contribution in [1.29, 1.82) is 0 Å². The maximum atomic E-state index is 12.7. The van der Waals surface area contributed by atoms with Crippen LogP contribution < -0.4 is 5.56 Å². The molecule has 0 fully saturated rings. The van der Waals surface area contributed by atoms with E-state index in [1.807, 2.05) is 0 Å². The molecule has 0 aliphatic carbocycles. The molecule has 3 aromatic rings. The van der Waals surface area contributed by atoms with Crippen LogP contribution in [0.5, 0.6) is 5.75 Å².